The zero-order chi connectivity index (χ0) is 15.8. The molecule has 0 aliphatic carbocycles. The summed E-state index contributed by atoms with van der Waals surface area (Å²) >= 11 is 0. The summed E-state index contributed by atoms with van der Waals surface area (Å²) in [5.74, 6) is 1.62. The third-order valence-corrected chi connectivity index (χ3v) is 3.63. The smallest absolute Gasteiger partial charge is 0.101 e. The Morgan fingerprint density at radius 2 is 1.76 bits per heavy atom. The van der Waals surface area contributed by atoms with E-state index in [4.69, 9.17) is 5.73 Å². The number of hydrogen-bond donors (Lipinski definition) is 1. The van der Waals surface area contributed by atoms with Gasteiger partial charge in [-0.15, -0.1) is 0 Å². The lowest BCUT2D eigenvalue weighted by atomic mass is 9.96. The molecule has 0 spiro atoms. The highest BCUT2D eigenvalue weighted by molar-refractivity contribution is 5.87. The average Bonchev–Trinajstić information content (AvgIpc) is 2.42. The highest BCUT2D eigenvalue weighted by Crippen LogP contribution is 2.17. The SMILES string of the molecule is CC(C)Cc1ccc([C@H](C)C(N)=NCCCN(C)C)cc1. The summed E-state index contributed by atoms with van der Waals surface area (Å²) in [5, 5.41) is 0. The van der Waals surface area contributed by atoms with E-state index >= 15 is 0 Å². The van der Waals surface area contributed by atoms with Gasteiger partial charge in [0.1, 0.15) is 5.84 Å². The van der Waals surface area contributed by atoms with E-state index in [-0.39, 0.29) is 5.92 Å². The van der Waals surface area contributed by atoms with Gasteiger partial charge in [-0.2, -0.15) is 0 Å². The Bertz CT molecular complexity index is 432. The number of rotatable bonds is 8. The van der Waals surface area contributed by atoms with Crippen LogP contribution in [-0.4, -0.2) is 37.9 Å². The normalized spacial score (nSPS) is 14.0. The molecule has 0 saturated carbocycles. The van der Waals surface area contributed by atoms with E-state index in [1.165, 1.54) is 11.1 Å². The molecule has 0 aliphatic heterocycles. The van der Waals surface area contributed by atoms with Crippen molar-refractivity contribution in [3.05, 3.63) is 35.4 Å². The van der Waals surface area contributed by atoms with Gasteiger partial charge in [0, 0.05) is 12.5 Å². The molecule has 2 N–H and O–H groups in total. The van der Waals surface area contributed by atoms with Crippen LogP contribution in [0, 0.1) is 5.92 Å². The Hall–Kier alpha value is -1.35. The minimum atomic E-state index is 0.192. The molecule has 0 heterocycles. The quantitative estimate of drug-likeness (QED) is 0.453. The van der Waals surface area contributed by atoms with Crippen molar-refractivity contribution in [2.75, 3.05) is 27.2 Å². The summed E-state index contributed by atoms with van der Waals surface area (Å²) in [7, 11) is 4.16. The van der Waals surface area contributed by atoms with Crippen LogP contribution < -0.4 is 5.73 Å². The fourth-order valence-electron chi connectivity index (χ4n) is 2.32. The molecule has 1 aromatic carbocycles. The molecule has 0 amide bonds. The fourth-order valence-corrected chi connectivity index (χ4v) is 2.32. The zero-order valence-corrected chi connectivity index (χ0v) is 14.3. The molecule has 21 heavy (non-hydrogen) atoms. The second-order valence-corrected chi connectivity index (χ2v) is 6.52. The molecule has 1 aromatic rings. The first-order chi connectivity index (χ1) is 9.90. The summed E-state index contributed by atoms with van der Waals surface area (Å²) in [6.45, 7) is 8.47. The molecular formula is C18H31N3. The molecule has 118 valence electrons. The maximum absolute atomic E-state index is 6.12. The standard InChI is InChI=1S/C18H31N3/c1-14(2)13-16-7-9-17(10-8-16)15(3)18(19)20-11-6-12-21(4)5/h7-10,14-15H,6,11-13H2,1-5H3,(H2,19,20)/t15-/m0/s1. The molecular weight excluding hydrogens is 258 g/mol. The second-order valence-electron chi connectivity index (χ2n) is 6.52. The molecule has 0 radical (unpaired) electrons. The van der Waals surface area contributed by atoms with E-state index < -0.39 is 0 Å². The Labute approximate surface area is 130 Å². The predicted molar refractivity (Wildman–Crippen MR) is 93.1 cm³/mol. The topological polar surface area (TPSA) is 41.6 Å². The van der Waals surface area contributed by atoms with Gasteiger partial charge in [0.25, 0.3) is 0 Å². The fraction of sp³-hybridized carbons (Fsp3) is 0.611. The van der Waals surface area contributed by atoms with Crippen molar-refractivity contribution in [3.8, 4) is 0 Å². The molecule has 1 atom stereocenters. The molecule has 0 bridgehead atoms. The Morgan fingerprint density at radius 3 is 2.29 bits per heavy atom. The molecule has 0 aliphatic rings. The summed E-state index contributed by atoms with van der Waals surface area (Å²) in [6.07, 6.45) is 2.18. The highest BCUT2D eigenvalue weighted by Gasteiger charge is 2.09. The van der Waals surface area contributed by atoms with Crippen LogP contribution in [0.2, 0.25) is 0 Å². The maximum Gasteiger partial charge on any atom is 0.101 e. The van der Waals surface area contributed by atoms with Crippen LogP contribution in [0.4, 0.5) is 0 Å². The van der Waals surface area contributed by atoms with Gasteiger partial charge in [0.05, 0.1) is 0 Å². The van der Waals surface area contributed by atoms with E-state index in [2.05, 4.69) is 69.0 Å². The van der Waals surface area contributed by atoms with E-state index in [1.807, 2.05) is 0 Å². The lowest BCUT2D eigenvalue weighted by molar-refractivity contribution is 0.403. The van der Waals surface area contributed by atoms with E-state index in [0.29, 0.717) is 5.92 Å². The number of nitrogens with zero attached hydrogens (tertiary/aromatic N) is 2. The van der Waals surface area contributed by atoms with Crippen LogP contribution in [0.15, 0.2) is 29.3 Å². The monoisotopic (exact) mass is 289 g/mol. The Balaban J connectivity index is 2.56. The van der Waals surface area contributed by atoms with Crippen LogP contribution in [0.5, 0.6) is 0 Å². The van der Waals surface area contributed by atoms with Crippen molar-refractivity contribution in [2.24, 2.45) is 16.6 Å². The summed E-state index contributed by atoms with van der Waals surface area (Å²) in [4.78, 5) is 6.68. The minimum absolute atomic E-state index is 0.192. The van der Waals surface area contributed by atoms with Gasteiger partial charge >= 0.3 is 0 Å². The Morgan fingerprint density at radius 1 is 1.14 bits per heavy atom. The van der Waals surface area contributed by atoms with Gasteiger partial charge in [-0.05, 0) is 50.5 Å². The number of nitrogens with two attached hydrogens (primary N) is 1. The van der Waals surface area contributed by atoms with Crippen molar-refractivity contribution in [3.63, 3.8) is 0 Å². The highest BCUT2D eigenvalue weighted by atomic mass is 15.0. The number of hydrogen-bond acceptors (Lipinski definition) is 2. The molecule has 0 aromatic heterocycles. The van der Waals surface area contributed by atoms with Crippen LogP contribution in [0.3, 0.4) is 0 Å². The lowest BCUT2D eigenvalue weighted by Gasteiger charge is -2.13. The third-order valence-electron chi connectivity index (χ3n) is 3.63. The third kappa shape index (κ3) is 6.76. The Kier molecular flexibility index (Phi) is 7.44. The number of benzene rings is 1. The maximum atomic E-state index is 6.12. The summed E-state index contributed by atoms with van der Waals surface area (Å²) < 4.78 is 0. The first-order valence-electron chi connectivity index (χ1n) is 7.93. The van der Waals surface area contributed by atoms with Crippen LogP contribution >= 0.6 is 0 Å². The van der Waals surface area contributed by atoms with E-state index in [1.54, 1.807) is 0 Å². The van der Waals surface area contributed by atoms with Gasteiger partial charge in [0.2, 0.25) is 0 Å². The molecule has 0 fully saturated rings. The molecule has 3 nitrogen and oxygen atoms in total. The van der Waals surface area contributed by atoms with Crippen LogP contribution in [0.25, 0.3) is 0 Å². The van der Waals surface area contributed by atoms with Gasteiger partial charge in [-0.1, -0.05) is 45.0 Å². The molecule has 3 heteroatoms. The van der Waals surface area contributed by atoms with Gasteiger partial charge in [0.15, 0.2) is 0 Å². The van der Waals surface area contributed by atoms with Crippen molar-refractivity contribution in [1.82, 2.24) is 4.90 Å². The van der Waals surface area contributed by atoms with Crippen molar-refractivity contribution >= 4 is 5.84 Å². The molecule has 0 saturated heterocycles. The summed E-state index contributed by atoms with van der Waals surface area (Å²) in [6, 6.07) is 8.80. The average molecular weight is 289 g/mol. The summed E-state index contributed by atoms with van der Waals surface area (Å²) in [5.41, 5.74) is 8.76. The predicted octanol–water partition coefficient (Wildman–Crippen LogP) is 3.30. The first kappa shape index (κ1) is 17.7. The van der Waals surface area contributed by atoms with Gasteiger partial charge < -0.3 is 10.6 Å². The molecule has 1 rings (SSSR count). The zero-order valence-electron chi connectivity index (χ0n) is 14.3. The van der Waals surface area contributed by atoms with Crippen molar-refractivity contribution in [1.29, 1.82) is 0 Å². The van der Waals surface area contributed by atoms with Crippen LogP contribution in [0.1, 0.15) is 44.2 Å². The largest absolute Gasteiger partial charge is 0.387 e. The van der Waals surface area contributed by atoms with Gasteiger partial charge in [-0.25, -0.2) is 0 Å². The first-order valence-corrected chi connectivity index (χ1v) is 7.93. The number of aliphatic imine (C=N–C) groups is 1. The molecule has 0 unspecified atom stereocenters. The minimum Gasteiger partial charge on any atom is -0.387 e. The van der Waals surface area contributed by atoms with Crippen molar-refractivity contribution < 1.29 is 0 Å². The van der Waals surface area contributed by atoms with E-state index in [9.17, 15) is 0 Å². The van der Waals surface area contributed by atoms with Crippen molar-refractivity contribution in [2.45, 2.75) is 39.5 Å². The second kappa shape index (κ2) is 8.83. The lowest BCUT2D eigenvalue weighted by Crippen LogP contribution is -2.21. The number of amidine groups is 1. The van der Waals surface area contributed by atoms with Crippen LogP contribution in [-0.2, 0) is 6.42 Å². The van der Waals surface area contributed by atoms with E-state index in [0.717, 1.165) is 31.8 Å². The van der Waals surface area contributed by atoms with Gasteiger partial charge in [-0.3, -0.25) is 4.99 Å².